The summed E-state index contributed by atoms with van der Waals surface area (Å²) < 4.78 is 39.1. The largest absolute Gasteiger partial charge is 0.417 e. The van der Waals surface area contributed by atoms with Crippen LogP contribution >= 0.6 is 0 Å². The van der Waals surface area contributed by atoms with E-state index in [4.69, 9.17) is 5.73 Å². The van der Waals surface area contributed by atoms with Crippen molar-refractivity contribution in [2.75, 3.05) is 0 Å². The van der Waals surface area contributed by atoms with Crippen LogP contribution in [0.3, 0.4) is 0 Å². The second-order valence-corrected chi connectivity index (χ2v) is 4.51. The van der Waals surface area contributed by atoms with E-state index in [1.54, 1.807) is 13.8 Å². The lowest BCUT2D eigenvalue weighted by Gasteiger charge is -2.17. The quantitative estimate of drug-likeness (QED) is 0.836. The van der Waals surface area contributed by atoms with E-state index in [0.717, 1.165) is 12.3 Å². The molecule has 6 heteroatoms. The summed E-state index contributed by atoms with van der Waals surface area (Å²) in [6.45, 7) is 3.39. The summed E-state index contributed by atoms with van der Waals surface area (Å²) in [7, 11) is 0. The number of fused-ring (bicyclic) bond motifs is 1. The zero-order chi connectivity index (χ0) is 12.8. The molecule has 2 heterocycles. The maximum absolute atomic E-state index is 12.6. The smallest absolute Gasteiger partial charge is 0.319 e. The number of pyridine rings is 1. The van der Waals surface area contributed by atoms with Gasteiger partial charge in [0.15, 0.2) is 0 Å². The molecule has 0 fully saturated rings. The molecule has 0 saturated heterocycles. The van der Waals surface area contributed by atoms with Gasteiger partial charge in [0.05, 0.1) is 22.8 Å². The van der Waals surface area contributed by atoms with Gasteiger partial charge in [-0.05, 0) is 26.0 Å². The van der Waals surface area contributed by atoms with Crippen molar-refractivity contribution in [2.45, 2.75) is 25.6 Å². The van der Waals surface area contributed by atoms with Crippen molar-refractivity contribution >= 4 is 5.52 Å². The van der Waals surface area contributed by atoms with Crippen LogP contribution < -0.4 is 5.73 Å². The third-order valence-corrected chi connectivity index (χ3v) is 2.43. The van der Waals surface area contributed by atoms with Gasteiger partial charge in [0.25, 0.3) is 0 Å². The standard InChI is InChI=1S/C11H12F3N3/c1-10(2,15)9-16-5-8-4-3-7(6-17(8)9)11(12,13)14/h3-6H,15H2,1-2H3. The SMILES string of the molecule is CC(C)(N)c1ncc2ccc(C(F)(F)F)cn12. The van der Waals surface area contributed by atoms with Crippen LogP contribution in [0.15, 0.2) is 24.5 Å². The van der Waals surface area contributed by atoms with E-state index in [0.29, 0.717) is 11.3 Å². The normalized spacial score (nSPS) is 13.3. The maximum Gasteiger partial charge on any atom is 0.417 e. The molecule has 2 aromatic heterocycles. The molecular formula is C11H12F3N3. The first kappa shape index (κ1) is 11.9. The van der Waals surface area contributed by atoms with Gasteiger partial charge in [-0.25, -0.2) is 4.98 Å². The monoisotopic (exact) mass is 243 g/mol. The van der Waals surface area contributed by atoms with Crippen molar-refractivity contribution in [3.63, 3.8) is 0 Å². The molecular weight excluding hydrogens is 231 g/mol. The van der Waals surface area contributed by atoms with Gasteiger partial charge < -0.3 is 10.1 Å². The number of nitrogens with zero attached hydrogens (tertiary/aromatic N) is 2. The zero-order valence-electron chi connectivity index (χ0n) is 9.42. The molecule has 0 aliphatic heterocycles. The predicted octanol–water partition coefficient (Wildman–Crippen LogP) is 2.55. The fraction of sp³-hybridized carbons (Fsp3) is 0.364. The summed E-state index contributed by atoms with van der Waals surface area (Å²) in [5.74, 6) is 0.401. The van der Waals surface area contributed by atoms with E-state index < -0.39 is 17.3 Å². The molecule has 0 amide bonds. The predicted molar refractivity (Wildman–Crippen MR) is 57.4 cm³/mol. The van der Waals surface area contributed by atoms with Gasteiger partial charge in [-0.3, -0.25) is 0 Å². The van der Waals surface area contributed by atoms with Gasteiger partial charge in [0.1, 0.15) is 5.82 Å². The van der Waals surface area contributed by atoms with Gasteiger partial charge in [-0.15, -0.1) is 0 Å². The van der Waals surface area contributed by atoms with Crippen LogP contribution in [0.2, 0.25) is 0 Å². The Morgan fingerprint density at radius 1 is 1.24 bits per heavy atom. The van der Waals surface area contributed by atoms with Gasteiger partial charge in [0.2, 0.25) is 0 Å². The first-order valence-corrected chi connectivity index (χ1v) is 5.03. The Balaban J connectivity index is 2.67. The minimum absolute atomic E-state index is 0.401. The highest BCUT2D eigenvalue weighted by molar-refractivity contribution is 5.48. The van der Waals surface area contributed by atoms with E-state index in [-0.39, 0.29) is 0 Å². The molecule has 0 atom stereocenters. The minimum Gasteiger partial charge on any atom is -0.319 e. The van der Waals surface area contributed by atoms with Gasteiger partial charge in [-0.2, -0.15) is 13.2 Å². The molecule has 17 heavy (non-hydrogen) atoms. The van der Waals surface area contributed by atoms with Crippen molar-refractivity contribution < 1.29 is 13.2 Å². The van der Waals surface area contributed by atoms with Crippen LogP contribution in [0, 0.1) is 0 Å². The first-order valence-electron chi connectivity index (χ1n) is 5.03. The average molecular weight is 243 g/mol. The third-order valence-electron chi connectivity index (χ3n) is 2.43. The molecule has 2 rings (SSSR count). The van der Waals surface area contributed by atoms with E-state index in [2.05, 4.69) is 4.98 Å². The molecule has 0 aliphatic rings. The highest BCUT2D eigenvalue weighted by Gasteiger charge is 2.31. The Bertz CT molecular complexity index is 549. The molecule has 0 unspecified atom stereocenters. The Hall–Kier alpha value is -1.56. The maximum atomic E-state index is 12.6. The second kappa shape index (κ2) is 3.46. The summed E-state index contributed by atoms with van der Waals surface area (Å²) in [4.78, 5) is 4.06. The van der Waals surface area contributed by atoms with Gasteiger partial charge in [-0.1, -0.05) is 0 Å². The molecule has 0 radical (unpaired) electrons. The van der Waals surface area contributed by atoms with Gasteiger partial charge in [0, 0.05) is 6.20 Å². The topological polar surface area (TPSA) is 43.3 Å². The fourth-order valence-corrected chi connectivity index (χ4v) is 1.63. The lowest BCUT2D eigenvalue weighted by molar-refractivity contribution is -0.137. The number of rotatable bonds is 1. The van der Waals surface area contributed by atoms with Crippen LogP contribution in [0.25, 0.3) is 5.52 Å². The number of nitrogens with two attached hydrogens (primary N) is 1. The third kappa shape index (κ3) is 2.12. The van der Waals surface area contributed by atoms with Crippen LogP contribution in [-0.4, -0.2) is 9.38 Å². The molecule has 2 aromatic rings. The Kier molecular flexibility index (Phi) is 2.43. The highest BCUT2D eigenvalue weighted by Crippen LogP contribution is 2.30. The summed E-state index contributed by atoms with van der Waals surface area (Å²) in [5, 5.41) is 0. The van der Waals surface area contributed by atoms with Crippen molar-refractivity contribution in [3.05, 3.63) is 35.9 Å². The number of aromatic nitrogens is 2. The number of hydrogen-bond donors (Lipinski definition) is 1. The van der Waals surface area contributed by atoms with Gasteiger partial charge >= 0.3 is 6.18 Å². The number of hydrogen-bond acceptors (Lipinski definition) is 2. The fourth-order valence-electron chi connectivity index (χ4n) is 1.63. The molecule has 92 valence electrons. The summed E-state index contributed by atoms with van der Waals surface area (Å²) >= 11 is 0. The number of alkyl halides is 3. The van der Waals surface area contributed by atoms with Crippen LogP contribution in [0.5, 0.6) is 0 Å². The Morgan fingerprint density at radius 2 is 1.88 bits per heavy atom. The summed E-state index contributed by atoms with van der Waals surface area (Å²) in [6, 6.07) is 2.41. The molecule has 0 saturated carbocycles. The number of halogens is 3. The molecule has 0 bridgehead atoms. The Morgan fingerprint density at radius 3 is 2.41 bits per heavy atom. The van der Waals surface area contributed by atoms with Crippen LogP contribution in [0.4, 0.5) is 13.2 Å². The van der Waals surface area contributed by atoms with Crippen molar-refractivity contribution in [1.29, 1.82) is 0 Å². The van der Waals surface area contributed by atoms with Crippen molar-refractivity contribution in [2.24, 2.45) is 5.73 Å². The average Bonchev–Trinajstić information content (AvgIpc) is 2.57. The molecule has 0 aliphatic carbocycles. The van der Waals surface area contributed by atoms with Crippen molar-refractivity contribution in [3.8, 4) is 0 Å². The molecule has 2 N–H and O–H groups in total. The van der Waals surface area contributed by atoms with Crippen molar-refractivity contribution in [1.82, 2.24) is 9.38 Å². The van der Waals surface area contributed by atoms with E-state index in [1.807, 2.05) is 0 Å². The molecule has 0 spiro atoms. The number of imidazole rings is 1. The van der Waals surface area contributed by atoms with Crippen LogP contribution in [-0.2, 0) is 11.7 Å². The summed E-state index contributed by atoms with van der Waals surface area (Å²) in [6.07, 6.45) is -1.84. The second-order valence-electron chi connectivity index (χ2n) is 4.51. The van der Waals surface area contributed by atoms with Crippen LogP contribution in [0.1, 0.15) is 25.2 Å². The van der Waals surface area contributed by atoms with E-state index in [9.17, 15) is 13.2 Å². The Labute approximate surface area is 96.1 Å². The summed E-state index contributed by atoms with van der Waals surface area (Å²) in [5.41, 5.74) is 4.94. The minimum atomic E-state index is -4.37. The first-order chi connectivity index (χ1) is 7.69. The lowest BCUT2D eigenvalue weighted by Crippen LogP contribution is -2.31. The van der Waals surface area contributed by atoms with E-state index >= 15 is 0 Å². The zero-order valence-corrected chi connectivity index (χ0v) is 9.42. The van der Waals surface area contributed by atoms with E-state index in [1.165, 1.54) is 16.7 Å². The lowest BCUT2D eigenvalue weighted by atomic mass is 10.1. The molecule has 3 nitrogen and oxygen atoms in total. The highest BCUT2D eigenvalue weighted by atomic mass is 19.4. The molecule has 0 aromatic carbocycles.